The first-order valence-electron chi connectivity index (χ1n) is 6.32. The standard InChI is InChI=1S/C13H23NO/c1-10(2)11-4-7-13(8-5-11)9-6-12(15)14(13)3/h10-11H,4-9H2,1-3H3/t11-,13+. The van der Waals surface area contributed by atoms with Crippen LogP contribution in [0, 0.1) is 11.8 Å². The van der Waals surface area contributed by atoms with Crippen molar-refractivity contribution in [2.75, 3.05) is 7.05 Å². The van der Waals surface area contributed by atoms with E-state index in [0.29, 0.717) is 5.91 Å². The van der Waals surface area contributed by atoms with E-state index < -0.39 is 0 Å². The van der Waals surface area contributed by atoms with Gasteiger partial charge in [-0.3, -0.25) is 4.79 Å². The maximum Gasteiger partial charge on any atom is 0.222 e. The van der Waals surface area contributed by atoms with Gasteiger partial charge in [0.1, 0.15) is 0 Å². The second kappa shape index (κ2) is 3.80. The highest BCUT2D eigenvalue weighted by Crippen LogP contribution is 2.44. The molecular formula is C13H23NO. The Balaban J connectivity index is 2.01. The smallest absolute Gasteiger partial charge is 0.222 e. The lowest BCUT2D eigenvalue weighted by molar-refractivity contribution is -0.130. The normalized spacial score (nSPS) is 36.9. The average molecular weight is 209 g/mol. The highest BCUT2D eigenvalue weighted by Gasteiger charge is 2.45. The second-order valence-electron chi connectivity index (χ2n) is 5.76. The summed E-state index contributed by atoms with van der Waals surface area (Å²) in [7, 11) is 2.00. The molecule has 1 heterocycles. The zero-order valence-electron chi connectivity index (χ0n) is 10.3. The molecular weight excluding hydrogens is 186 g/mol. The van der Waals surface area contributed by atoms with Gasteiger partial charge >= 0.3 is 0 Å². The van der Waals surface area contributed by atoms with Crippen molar-refractivity contribution in [2.45, 2.75) is 57.9 Å². The Bertz CT molecular complexity index is 251. The third kappa shape index (κ3) is 1.79. The monoisotopic (exact) mass is 209 g/mol. The minimum Gasteiger partial charge on any atom is -0.340 e. The van der Waals surface area contributed by atoms with Crippen molar-refractivity contribution >= 4 is 5.91 Å². The number of amides is 1. The summed E-state index contributed by atoms with van der Waals surface area (Å²) < 4.78 is 0. The Morgan fingerprint density at radius 1 is 1.27 bits per heavy atom. The predicted molar refractivity (Wildman–Crippen MR) is 61.5 cm³/mol. The van der Waals surface area contributed by atoms with Crippen LogP contribution in [-0.4, -0.2) is 23.4 Å². The van der Waals surface area contributed by atoms with Crippen LogP contribution in [0.25, 0.3) is 0 Å². The molecule has 2 fully saturated rings. The average Bonchev–Trinajstić information content (AvgIpc) is 2.48. The number of carbonyl (C=O) groups excluding carboxylic acids is 1. The lowest BCUT2D eigenvalue weighted by Crippen LogP contribution is -2.46. The van der Waals surface area contributed by atoms with E-state index in [1.807, 2.05) is 11.9 Å². The Hall–Kier alpha value is -0.530. The van der Waals surface area contributed by atoms with Crippen LogP contribution < -0.4 is 0 Å². The number of hydrogen-bond acceptors (Lipinski definition) is 1. The first kappa shape index (κ1) is 11.0. The van der Waals surface area contributed by atoms with Crippen LogP contribution in [-0.2, 0) is 4.79 Å². The number of rotatable bonds is 1. The molecule has 86 valence electrons. The van der Waals surface area contributed by atoms with Crippen molar-refractivity contribution in [3.63, 3.8) is 0 Å². The molecule has 2 aliphatic rings. The summed E-state index contributed by atoms with van der Waals surface area (Å²) in [5.41, 5.74) is 0.252. The van der Waals surface area contributed by atoms with Crippen molar-refractivity contribution in [2.24, 2.45) is 11.8 Å². The third-order valence-corrected chi connectivity index (χ3v) is 4.79. The molecule has 0 N–H and O–H groups in total. The zero-order chi connectivity index (χ0) is 11.1. The van der Waals surface area contributed by atoms with Crippen LogP contribution in [0.5, 0.6) is 0 Å². The van der Waals surface area contributed by atoms with E-state index in [0.717, 1.165) is 24.7 Å². The minimum absolute atomic E-state index is 0.252. The maximum absolute atomic E-state index is 11.6. The van der Waals surface area contributed by atoms with Gasteiger partial charge in [0.05, 0.1) is 0 Å². The van der Waals surface area contributed by atoms with E-state index in [1.54, 1.807) is 0 Å². The molecule has 1 amide bonds. The Morgan fingerprint density at radius 2 is 1.87 bits per heavy atom. The molecule has 0 aromatic carbocycles. The van der Waals surface area contributed by atoms with Gasteiger partial charge in [-0.05, 0) is 43.9 Å². The molecule has 0 bridgehead atoms. The molecule has 0 radical (unpaired) electrons. The van der Waals surface area contributed by atoms with E-state index in [2.05, 4.69) is 13.8 Å². The van der Waals surface area contributed by atoms with Gasteiger partial charge in [-0.1, -0.05) is 13.8 Å². The Labute approximate surface area is 93.0 Å². The highest BCUT2D eigenvalue weighted by molar-refractivity contribution is 5.79. The van der Waals surface area contributed by atoms with Crippen LogP contribution in [0.2, 0.25) is 0 Å². The van der Waals surface area contributed by atoms with E-state index in [9.17, 15) is 4.79 Å². The summed E-state index contributed by atoms with van der Waals surface area (Å²) in [4.78, 5) is 13.6. The van der Waals surface area contributed by atoms with Gasteiger partial charge in [0.25, 0.3) is 0 Å². The number of likely N-dealkylation sites (tertiary alicyclic amines) is 1. The fourth-order valence-corrected chi connectivity index (χ4v) is 3.37. The molecule has 1 aliphatic heterocycles. The maximum atomic E-state index is 11.6. The number of hydrogen-bond donors (Lipinski definition) is 0. The van der Waals surface area contributed by atoms with Gasteiger partial charge < -0.3 is 4.90 Å². The van der Waals surface area contributed by atoms with Gasteiger partial charge in [-0.15, -0.1) is 0 Å². The third-order valence-electron chi connectivity index (χ3n) is 4.79. The van der Waals surface area contributed by atoms with Crippen molar-refractivity contribution in [3.05, 3.63) is 0 Å². The molecule has 1 aliphatic carbocycles. The predicted octanol–water partition coefficient (Wildman–Crippen LogP) is 2.82. The van der Waals surface area contributed by atoms with E-state index >= 15 is 0 Å². The molecule has 2 heteroatoms. The van der Waals surface area contributed by atoms with Crippen molar-refractivity contribution in [1.82, 2.24) is 4.90 Å². The summed E-state index contributed by atoms with van der Waals surface area (Å²) in [6.45, 7) is 4.65. The van der Waals surface area contributed by atoms with Crippen molar-refractivity contribution in [3.8, 4) is 0 Å². The van der Waals surface area contributed by atoms with Crippen LogP contribution in [0.3, 0.4) is 0 Å². The van der Waals surface area contributed by atoms with Crippen LogP contribution in [0.15, 0.2) is 0 Å². The minimum atomic E-state index is 0.252. The van der Waals surface area contributed by atoms with Gasteiger partial charge in [0.2, 0.25) is 5.91 Å². The molecule has 2 nitrogen and oxygen atoms in total. The molecule has 1 spiro atoms. The van der Waals surface area contributed by atoms with Crippen LogP contribution >= 0.6 is 0 Å². The summed E-state index contributed by atoms with van der Waals surface area (Å²) in [5, 5.41) is 0. The fraction of sp³-hybridized carbons (Fsp3) is 0.923. The van der Waals surface area contributed by atoms with Gasteiger partial charge in [-0.25, -0.2) is 0 Å². The van der Waals surface area contributed by atoms with Gasteiger partial charge in [0.15, 0.2) is 0 Å². The summed E-state index contributed by atoms with van der Waals surface area (Å²) in [6.07, 6.45) is 6.98. The quantitative estimate of drug-likeness (QED) is 0.650. The second-order valence-corrected chi connectivity index (χ2v) is 5.76. The fourth-order valence-electron chi connectivity index (χ4n) is 3.37. The zero-order valence-corrected chi connectivity index (χ0v) is 10.3. The van der Waals surface area contributed by atoms with Crippen molar-refractivity contribution < 1.29 is 4.79 Å². The van der Waals surface area contributed by atoms with Gasteiger partial charge in [-0.2, -0.15) is 0 Å². The lowest BCUT2D eigenvalue weighted by Gasteiger charge is -2.43. The summed E-state index contributed by atoms with van der Waals surface area (Å²) in [5.74, 6) is 2.06. The molecule has 0 aromatic heterocycles. The van der Waals surface area contributed by atoms with Crippen molar-refractivity contribution in [1.29, 1.82) is 0 Å². The summed E-state index contributed by atoms with van der Waals surface area (Å²) >= 11 is 0. The first-order valence-corrected chi connectivity index (χ1v) is 6.32. The van der Waals surface area contributed by atoms with Crippen LogP contribution in [0.1, 0.15) is 52.4 Å². The lowest BCUT2D eigenvalue weighted by atomic mass is 9.72. The van der Waals surface area contributed by atoms with E-state index in [4.69, 9.17) is 0 Å². The molecule has 0 atom stereocenters. The molecule has 0 unspecified atom stereocenters. The topological polar surface area (TPSA) is 20.3 Å². The van der Waals surface area contributed by atoms with Gasteiger partial charge in [0, 0.05) is 19.0 Å². The molecule has 1 saturated carbocycles. The molecule has 1 saturated heterocycles. The number of nitrogens with zero attached hydrogens (tertiary/aromatic N) is 1. The van der Waals surface area contributed by atoms with E-state index in [1.165, 1.54) is 25.7 Å². The van der Waals surface area contributed by atoms with Crippen LogP contribution in [0.4, 0.5) is 0 Å². The molecule has 15 heavy (non-hydrogen) atoms. The summed E-state index contributed by atoms with van der Waals surface area (Å²) in [6, 6.07) is 0. The molecule has 2 rings (SSSR count). The number of carbonyl (C=O) groups is 1. The van der Waals surface area contributed by atoms with E-state index in [-0.39, 0.29) is 5.54 Å². The first-order chi connectivity index (χ1) is 7.05. The Morgan fingerprint density at radius 3 is 2.27 bits per heavy atom. The largest absolute Gasteiger partial charge is 0.340 e. The SMILES string of the molecule is CC(C)[C@H]1CC[C@]2(CCC(=O)N2C)CC1. The Kier molecular flexibility index (Phi) is 2.78. The molecule has 0 aromatic rings. The highest BCUT2D eigenvalue weighted by atomic mass is 16.2.